The number of hydrogen-bond acceptors (Lipinski definition) is 3. The molecule has 1 aromatic carbocycles. The maximum atomic E-state index is 10.9. The monoisotopic (exact) mass is 327 g/mol. The van der Waals surface area contributed by atoms with E-state index in [0.29, 0.717) is 16.8 Å². The second-order valence-electron chi connectivity index (χ2n) is 5.46. The minimum absolute atomic E-state index is 0.0934. The van der Waals surface area contributed by atoms with Gasteiger partial charge in [-0.3, -0.25) is 10.1 Å². The zero-order chi connectivity index (χ0) is 14.0. The molecule has 1 N–H and O–H groups in total. The molecule has 0 amide bonds. The summed E-state index contributed by atoms with van der Waals surface area (Å²) in [6.07, 6.45) is 3.28. The number of nitrogens with zero attached hydrogens (tertiary/aromatic N) is 1. The molecule has 2 rings (SSSR count). The summed E-state index contributed by atoms with van der Waals surface area (Å²) in [5.74, 6) is 0.813. The molecular weight excluding hydrogens is 310 g/mol. The van der Waals surface area contributed by atoms with Gasteiger partial charge in [-0.05, 0) is 59.0 Å². The number of aliphatic hydroxyl groups is 1. The van der Waals surface area contributed by atoms with Gasteiger partial charge >= 0.3 is 0 Å². The van der Waals surface area contributed by atoms with Crippen LogP contribution in [-0.4, -0.2) is 16.1 Å². The van der Waals surface area contributed by atoms with Crippen LogP contribution in [0.1, 0.15) is 31.7 Å². The fourth-order valence-electron chi connectivity index (χ4n) is 2.85. The molecule has 0 heterocycles. The van der Waals surface area contributed by atoms with Crippen molar-refractivity contribution >= 4 is 21.6 Å². The first-order chi connectivity index (χ1) is 8.99. The average Bonchev–Trinajstić information content (AvgIpc) is 2.36. The average molecular weight is 328 g/mol. The Kier molecular flexibility index (Phi) is 4.58. The van der Waals surface area contributed by atoms with E-state index in [9.17, 15) is 15.2 Å². The maximum Gasteiger partial charge on any atom is 0.283 e. The Morgan fingerprint density at radius 1 is 1.47 bits per heavy atom. The van der Waals surface area contributed by atoms with E-state index in [1.54, 1.807) is 6.07 Å². The van der Waals surface area contributed by atoms with Gasteiger partial charge in [0.2, 0.25) is 0 Å². The summed E-state index contributed by atoms with van der Waals surface area (Å²) in [6, 6.07) is 5.09. The van der Waals surface area contributed by atoms with E-state index in [1.807, 2.05) is 6.07 Å². The van der Waals surface area contributed by atoms with Crippen LogP contribution >= 0.6 is 15.9 Å². The van der Waals surface area contributed by atoms with E-state index in [0.717, 1.165) is 24.8 Å². The maximum absolute atomic E-state index is 10.9. The van der Waals surface area contributed by atoms with E-state index in [1.165, 1.54) is 6.07 Å². The number of rotatable bonds is 3. The van der Waals surface area contributed by atoms with Crippen LogP contribution in [0.4, 0.5) is 5.69 Å². The number of hydrogen-bond donors (Lipinski definition) is 1. The normalized spacial score (nSPS) is 27.2. The molecule has 0 saturated heterocycles. The van der Waals surface area contributed by atoms with Gasteiger partial charge in [-0.1, -0.05) is 19.1 Å². The number of nitro groups is 1. The van der Waals surface area contributed by atoms with E-state index >= 15 is 0 Å². The van der Waals surface area contributed by atoms with Gasteiger partial charge in [-0.2, -0.15) is 0 Å². The summed E-state index contributed by atoms with van der Waals surface area (Å²) in [5, 5.41) is 21.0. The first-order valence-electron chi connectivity index (χ1n) is 6.59. The van der Waals surface area contributed by atoms with Gasteiger partial charge in [-0.15, -0.1) is 0 Å². The van der Waals surface area contributed by atoms with Crippen molar-refractivity contribution in [1.82, 2.24) is 0 Å². The van der Waals surface area contributed by atoms with Crippen molar-refractivity contribution in [2.45, 2.75) is 38.7 Å². The molecule has 1 saturated carbocycles. The van der Waals surface area contributed by atoms with Crippen molar-refractivity contribution in [2.75, 3.05) is 0 Å². The van der Waals surface area contributed by atoms with Crippen molar-refractivity contribution in [1.29, 1.82) is 0 Å². The summed E-state index contributed by atoms with van der Waals surface area (Å²) in [7, 11) is 0. The lowest BCUT2D eigenvalue weighted by molar-refractivity contribution is -0.385. The van der Waals surface area contributed by atoms with Crippen LogP contribution in [0, 0.1) is 22.0 Å². The SMILES string of the molecule is CC1CCC(O)C(Cc2cccc([N+](=O)[O-])c2Br)C1. The molecular formula is C14H18BrNO3. The topological polar surface area (TPSA) is 63.4 Å². The number of nitro benzene ring substituents is 1. The van der Waals surface area contributed by atoms with E-state index < -0.39 is 0 Å². The lowest BCUT2D eigenvalue weighted by Crippen LogP contribution is -2.29. The third-order valence-electron chi connectivity index (χ3n) is 3.94. The Morgan fingerprint density at radius 2 is 2.21 bits per heavy atom. The molecule has 3 atom stereocenters. The van der Waals surface area contributed by atoms with Crippen molar-refractivity contribution in [3.8, 4) is 0 Å². The summed E-state index contributed by atoms with van der Waals surface area (Å²) in [5.41, 5.74) is 1.00. The Morgan fingerprint density at radius 3 is 2.89 bits per heavy atom. The van der Waals surface area contributed by atoms with E-state index in [-0.39, 0.29) is 22.6 Å². The van der Waals surface area contributed by atoms with Gasteiger partial charge in [0.05, 0.1) is 15.5 Å². The fourth-order valence-corrected chi connectivity index (χ4v) is 3.42. The first kappa shape index (κ1) is 14.5. The molecule has 3 unspecified atom stereocenters. The smallest absolute Gasteiger partial charge is 0.283 e. The van der Waals surface area contributed by atoms with Gasteiger partial charge in [0.1, 0.15) is 0 Å². The molecule has 104 valence electrons. The van der Waals surface area contributed by atoms with E-state index in [2.05, 4.69) is 22.9 Å². The Bertz CT molecular complexity index is 478. The summed E-state index contributed by atoms with van der Waals surface area (Å²) < 4.78 is 0.547. The minimum Gasteiger partial charge on any atom is -0.393 e. The molecule has 0 spiro atoms. The molecule has 0 bridgehead atoms. The van der Waals surface area contributed by atoms with Crippen molar-refractivity contribution in [2.24, 2.45) is 11.8 Å². The zero-order valence-corrected chi connectivity index (χ0v) is 12.5. The third-order valence-corrected chi connectivity index (χ3v) is 4.86. The number of halogens is 1. The van der Waals surface area contributed by atoms with Crippen LogP contribution in [0.5, 0.6) is 0 Å². The Labute approximate surface area is 121 Å². The highest BCUT2D eigenvalue weighted by Gasteiger charge is 2.28. The van der Waals surface area contributed by atoms with Gasteiger partial charge in [0, 0.05) is 6.07 Å². The second-order valence-corrected chi connectivity index (χ2v) is 6.25. The first-order valence-corrected chi connectivity index (χ1v) is 7.38. The van der Waals surface area contributed by atoms with Crippen LogP contribution in [0.25, 0.3) is 0 Å². The second kappa shape index (κ2) is 6.01. The lowest BCUT2D eigenvalue weighted by atomic mass is 9.77. The van der Waals surface area contributed by atoms with Crippen LogP contribution < -0.4 is 0 Å². The van der Waals surface area contributed by atoms with Gasteiger partial charge in [0.25, 0.3) is 5.69 Å². The highest BCUT2D eigenvalue weighted by molar-refractivity contribution is 9.10. The minimum atomic E-state index is -0.381. The third kappa shape index (κ3) is 3.34. The Balaban J connectivity index is 2.19. The Hall–Kier alpha value is -0.940. The van der Waals surface area contributed by atoms with Gasteiger partial charge in [-0.25, -0.2) is 0 Å². The van der Waals surface area contributed by atoms with E-state index in [4.69, 9.17) is 0 Å². The molecule has 19 heavy (non-hydrogen) atoms. The molecule has 0 aromatic heterocycles. The van der Waals surface area contributed by atoms with Crippen molar-refractivity contribution in [3.63, 3.8) is 0 Å². The predicted octanol–water partition coefficient (Wildman–Crippen LogP) is 3.70. The number of aliphatic hydroxyl groups excluding tert-OH is 1. The molecule has 1 aliphatic rings. The zero-order valence-electron chi connectivity index (χ0n) is 10.9. The van der Waals surface area contributed by atoms with Gasteiger partial charge in [0.15, 0.2) is 0 Å². The van der Waals surface area contributed by atoms with Crippen LogP contribution in [0.2, 0.25) is 0 Å². The molecule has 5 heteroatoms. The number of benzene rings is 1. The van der Waals surface area contributed by atoms with Crippen LogP contribution in [-0.2, 0) is 6.42 Å². The quantitative estimate of drug-likeness (QED) is 0.680. The molecule has 1 aromatic rings. The lowest BCUT2D eigenvalue weighted by Gasteiger charge is -2.31. The van der Waals surface area contributed by atoms with Crippen LogP contribution in [0.3, 0.4) is 0 Å². The fraction of sp³-hybridized carbons (Fsp3) is 0.571. The highest BCUT2D eigenvalue weighted by Crippen LogP contribution is 2.35. The summed E-state index contributed by atoms with van der Waals surface area (Å²) in [6.45, 7) is 2.20. The molecule has 0 aliphatic heterocycles. The van der Waals surface area contributed by atoms with Crippen molar-refractivity contribution in [3.05, 3.63) is 38.3 Å². The molecule has 1 aliphatic carbocycles. The summed E-state index contributed by atoms with van der Waals surface area (Å²) in [4.78, 5) is 10.5. The molecule has 1 fully saturated rings. The largest absolute Gasteiger partial charge is 0.393 e. The molecule has 4 nitrogen and oxygen atoms in total. The van der Waals surface area contributed by atoms with Crippen molar-refractivity contribution < 1.29 is 10.0 Å². The molecule has 0 radical (unpaired) electrons. The summed E-state index contributed by atoms with van der Waals surface area (Å²) >= 11 is 3.32. The highest BCUT2D eigenvalue weighted by atomic mass is 79.9. The van der Waals surface area contributed by atoms with Crippen LogP contribution in [0.15, 0.2) is 22.7 Å². The standard InChI is InChI=1S/C14H18BrNO3/c1-9-5-6-13(17)11(7-9)8-10-3-2-4-12(14(10)15)16(18)19/h2-4,9,11,13,17H,5-8H2,1H3. The predicted molar refractivity (Wildman–Crippen MR) is 77.0 cm³/mol. The van der Waals surface area contributed by atoms with Gasteiger partial charge < -0.3 is 5.11 Å².